The zero-order valence-corrected chi connectivity index (χ0v) is 14.6. The summed E-state index contributed by atoms with van der Waals surface area (Å²) in [5, 5.41) is 3.05. The van der Waals surface area contributed by atoms with Crippen LogP contribution in [0.15, 0.2) is 16.3 Å². The first-order chi connectivity index (χ1) is 9.93. The lowest BCUT2D eigenvalue weighted by Crippen LogP contribution is -2.37. The fourth-order valence-corrected chi connectivity index (χ4v) is 5.45. The number of hydrogen-bond acceptors (Lipinski definition) is 5. The lowest BCUT2D eigenvalue weighted by molar-refractivity contribution is 0.202. The molecule has 5 nitrogen and oxygen atoms in total. The largest absolute Gasteiger partial charge is 0.315 e. The van der Waals surface area contributed by atoms with Gasteiger partial charge in [0.15, 0.2) is 0 Å². The Kier molecular flexibility index (Phi) is 5.79. The Balaban J connectivity index is 2.00. The van der Waals surface area contributed by atoms with Crippen LogP contribution < -0.4 is 5.32 Å². The van der Waals surface area contributed by atoms with E-state index in [1.165, 1.54) is 15.6 Å². The summed E-state index contributed by atoms with van der Waals surface area (Å²) in [7, 11) is 2.34. The van der Waals surface area contributed by atoms with Crippen LogP contribution in [0.25, 0.3) is 0 Å². The van der Waals surface area contributed by atoms with Crippen molar-refractivity contribution in [1.82, 2.24) is 14.5 Å². The highest BCUT2D eigenvalue weighted by Gasteiger charge is 2.26. The topological polar surface area (TPSA) is 52.7 Å². The average Bonchev–Trinajstić information content (AvgIpc) is 2.91. The molecule has 0 atom stereocenters. The van der Waals surface area contributed by atoms with Gasteiger partial charge in [-0.15, -0.1) is 11.3 Å². The number of piperidine rings is 1. The van der Waals surface area contributed by atoms with Gasteiger partial charge in [-0.2, -0.15) is 4.31 Å². The molecule has 1 aliphatic rings. The lowest BCUT2D eigenvalue weighted by Gasteiger charge is -2.31. The van der Waals surface area contributed by atoms with Crippen molar-refractivity contribution in [1.29, 1.82) is 0 Å². The molecule has 0 unspecified atom stereocenters. The minimum absolute atomic E-state index is 0.447. The van der Waals surface area contributed by atoms with Crippen LogP contribution in [0.1, 0.15) is 17.7 Å². The van der Waals surface area contributed by atoms with Crippen LogP contribution in [0.4, 0.5) is 0 Å². The van der Waals surface area contributed by atoms with E-state index in [9.17, 15) is 8.42 Å². The van der Waals surface area contributed by atoms with Crippen LogP contribution in [0.3, 0.4) is 0 Å². The lowest BCUT2D eigenvalue weighted by atomic mass is 9.97. The van der Waals surface area contributed by atoms with Crippen LogP contribution >= 0.6 is 11.3 Å². The smallest absolute Gasteiger partial charge is 0.252 e. The second kappa shape index (κ2) is 7.19. The predicted octanol–water partition coefficient (Wildman–Crippen LogP) is 1.43. The second-order valence-electron chi connectivity index (χ2n) is 5.78. The maximum Gasteiger partial charge on any atom is 0.252 e. The molecule has 0 aliphatic carbocycles. The van der Waals surface area contributed by atoms with E-state index in [-0.39, 0.29) is 0 Å². The molecule has 0 bridgehead atoms. The van der Waals surface area contributed by atoms with Crippen molar-refractivity contribution in [2.45, 2.75) is 23.6 Å². The molecule has 1 N–H and O–H groups in total. The van der Waals surface area contributed by atoms with Gasteiger partial charge in [0.25, 0.3) is 10.0 Å². The van der Waals surface area contributed by atoms with Gasteiger partial charge in [-0.1, -0.05) is 0 Å². The SMILES string of the molecule is CNCc1ccc(S(=O)(=O)N(C)CC2CCN(C)CC2)s1. The van der Waals surface area contributed by atoms with E-state index in [1.807, 2.05) is 13.1 Å². The number of hydrogen-bond donors (Lipinski definition) is 1. The van der Waals surface area contributed by atoms with Crippen molar-refractivity contribution in [2.24, 2.45) is 5.92 Å². The molecule has 21 heavy (non-hydrogen) atoms. The van der Waals surface area contributed by atoms with E-state index in [0.717, 1.165) is 30.8 Å². The second-order valence-corrected chi connectivity index (χ2v) is 9.22. The summed E-state index contributed by atoms with van der Waals surface area (Å²) in [6, 6.07) is 3.61. The monoisotopic (exact) mass is 331 g/mol. The van der Waals surface area contributed by atoms with Gasteiger partial charge in [-0.05, 0) is 58.1 Å². The first-order valence-electron chi connectivity index (χ1n) is 7.31. The Hall–Kier alpha value is -0.470. The first-order valence-corrected chi connectivity index (χ1v) is 9.57. The molecule has 1 saturated heterocycles. The quantitative estimate of drug-likeness (QED) is 0.857. The normalized spacial score (nSPS) is 18.5. The molecule has 0 radical (unpaired) electrons. The van der Waals surface area contributed by atoms with Gasteiger partial charge >= 0.3 is 0 Å². The molecule has 7 heteroatoms. The van der Waals surface area contributed by atoms with E-state index in [4.69, 9.17) is 0 Å². The fraction of sp³-hybridized carbons (Fsp3) is 0.714. The van der Waals surface area contributed by atoms with Crippen LogP contribution in [-0.2, 0) is 16.6 Å². The minimum Gasteiger partial charge on any atom is -0.315 e. The highest BCUT2D eigenvalue weighted by atomic mass is 32.2. The van der Waals surface area contributed by atoms with Gasteiger partial charge in [0.1, 0.15) is 4.21 Å². The summed E-state index contributed by atoms with van der Waals surface area (Å²) < 4.78 is 27.2. The molecule has 0 amide bonds. The van der Waals surface area contributed by atoms with Crippen molar-refractivity contribution in [3.8, 4) is 0 Å². The maximum absolute atomic E-state index is 12.6. The molecule has 120 valence electrons. The van der Waals surface area contributed by atoms with Crippen molar-refractivity contribution in [3.63, 3.8) is 0 Å². The first kappa shape index (κ1) is 16.9. The zero-order valence-electron chi connectivity index (χ0n) is 13.0. The minimum atomic E-state index is -3.34. The molecule has 1 aromatic rings. The van der Waals surface area contributed by atoms with Crippen molar-refractivity contribution < 1.29 is 8.42 Å². The van der Waals surface area contributed by atoms with Gasteiger partial charge in [0.05, 0.1) is 0 Å². The average molecular weight is 332 g/mol. The molecule has 1 fully saturated rings. The number of rotatable bonds is 6. The van der Waals surface area contributed by atoms with Gasteiger partial charge < -0.3 is 10.2 Å². The summed E-state index contributed by atoms with van der Waals surface area (Å²) >= 11 is 1.35. The van der Waals surface area contributed by atoms with E-state index >= 15 is 0 Å². The molecule has 2 rings (SSSR count). The van der Waals surface area contributed by atoms with Crippen LogP contribution in [-0.4, -0.2) is 58.4 Å². The van der Waals surface area contributed by atoms with E-state index in [0.29, 0.717) is 23.2 Å². The molecular weight excluding hydrogens is 306 g/mol. The van der Waals surface area contributed by atoms with Gasteiger partial charge in [0.2, 0.25) is 0 Å². The van der Waals surface area contributed by atoms with Gasteiger partial charge in [-0.25, -0.2) is 8.42 Å². The highest BCUT2D eigenvalue weighted by molar-refractivity contribution is 7.91. The van der Waals surface area contributed by atoms with Crippen LogP contribution in [0.5, 0.6) is 0 Å². The molecule has 1 aromatic heterocycles. The van der Waals surface area contributed by atoms with E-state index in [1.54, 1.807) is 13.1 Å². The standard InChI is InChI=1S/C14H25N3O2S2/c1-15-10-13-4-5-14(20-13)21(18,19)17(3)11-12-6-8-16(2)9-7-12/h4-5,12,15H,6-11H2,1-3H3. The third kappa shape index (κ3) is 4.26. The van der Waals surface area contributed by atoms with E-state index < -0.39 is 10.0 Å². The summed E-state index contributed by atoms with van der Waals surface area (Å²) in [5.41, 5.74) is 0. The Labute approximate surface area is 132 Å². The summed E-state index contributed by atoms with van der Waals surface area (Å²) in [5.74, 6) is 0.470. The predicted molar refractivity (Wildman–Crippen MR) is 87.1 cm³/mol. The summed E-state index contributed by atoms with van der Waals surface area (Å²) in [6.07, 6.45) is 2.15. The maximum atomic E-state index is 12.6. The number of sulfonamides is 1. The summed E-state index contributed by atoms with van der Waals surface area (Å²) in [6.45, 7) is 3.45. The molecule has 0 aromatic carbocycles. The van der Waals surface area contributed by atoms with Crippen molar-refractivity contribution >= 4 is 21.4 Å². The zero-order chi connectivity index (χ0) is 15.5. The van der Waals surface area contributed by atoms with Crippen LogP contribution in [0, 0.1) is 5.92 Å². The molecule has 2 heterocycles. The molecule has 0 saturated carbocycles. The fourth-order valence-electron chi connectivity index (χ4n) is 2.63. The van der Waals surface area contributed by atoms with Gasteiger partial charge in [0, 0.05) is 25.0 Å². The van der Waals surface area contributed by atoms with Crippen molar-refractivity contribution in [3.05, 3.63) is 17.0 Å². The summed E-state index contributed by atoms with van der Waals surface area (Å²) in [4.78, 5) is 3.35. The van der Waals surface area contributed by atoms with Crippen LogP contribution in [0.2, 0.25) is 0 Å². The molecular formula is C14H25N3O2S2. The van der Waals surface area contributed by atoms with Gasteiger partial charge in [-0.3, -0.25) is 0 Å². The van der Waals surface area contributed by atoms with Crippen molar-refractivity contribution in [2.75, 3.05) is 40.8 Å². The Morgan fingerprint density at radius 3 is 2.67 bits per heavy atom. The number of thiophene rings is 1. The number of nitrogens with one attached hydrogen (secondary N) is 1. The number of nitrogens with zero attached hydrogens (tertiary/aromatic N) is 2. The third-order valence-electron chi connectivity index (χ3n) is 4.01. The Bertz CT molecular complexity index is 548. The molecule has 0 spiro atoms. The Morgan fingerprint density at radius 2 is 2.05 bits per heavy atom. The Morgan fingerprint density at radius 1 is 1.38 bits per heavy atom. The van der Waals surface area contributed by atoms with E-state index in [2.05, 4.69) is 17.3 Å². The number of likely N-dealkylation sites (tertiary alicyclic amines) is 1. The molecule has 1 aliphatic heterocycles. The third-order valence-corrected chi connectivity index (χ3v) is 7.38. The highest BCUT2D eigenvalue weighted by Crippen LogP contribution is 2.26.